The Balaban J connectivity index is 1.90. The number of benzene rings is 1. The first-order valence-corrected chi connectivity index (χ1v) is 6.46. The van der Waals surface area contributed by atoms with Gasteiger partial charge in [-0.15, -0.1) is 0 Å². The predicted molar refractivity (Wildman–Crippen MR) is 73.4 cm³/mol. The second-order valence-corrected chi connectivity index (χ2v) is 5.00. The molecule has 1 heterocycles. The van der Waals surface area contributed by atoms with Gasteiger partial charge in [-0.05, 0) is 25.2 Å². The summed E-state index contributed by atoms with van der Waals surface area (Å²) in [6.45, 7) is 2.53. The van der Waals surface area contributed by atoms with Crippen LogP contribution in [0.3, 0.4) is 0 Å². The molecule has 0 aromatic heterocycles. The monoisotopic (exact) mass is 284 g/mol. The van der Waals surface area contributed by atoms with Gasteiger partial charge in [-0.25, -0.2) is 4.79 Å². The van der Waals surface area contributed by atoms with Crippen molar-refractivity contribution in [2.24, 2.45) is 0 Å². The molecule has 0 radical (unpaired) electrons. The third-order valence-electron chi connectivity index (χ3n) is 2.96. The molecule has 0 aliphatic carbocycles. The van der Waals surface area contributed by atoms with Crippen LogP contribution in [0.15, 0.2) is 18.2 Å². The van der Waals surface area contributed by atoms with Gasteiger partial charge in [-0.1, -0.05) is 11.6 Å². The number of hydrogen-bond acceptors (Lipinski definition) is 5. The standard InChI is InChI=1S/C13H17ClN2O3/c1-16-4-5-18-10(7-16)8-19-13(17)11-3-2-9(15)6-12(11)14/h2-3,6,10H,4-5,7-8,15H2,1H3. The molecular weight excluding hydrogens is 268 g/mol. The molecule has 19 heavy (non-hydrogen) atoms. The number of ether oxygens (including phenoxy) is 2. The van der Waals surface area contributed by atoms with Crippen LogP contribution >= 0.6 is 11.6 Å². The van der Waals surface area contributed by atoms with Crippen LogP contribution in [0.2, 0.25) is 5.02 Å². The Bertz CT molecular complexity index is 467. The van der Waals surface area contributed by atoms with Crippen LogP contribution < -0.4 is 5.73 Å². The highest BCUT2D eigenvalue weighted by molar-refractivity contribution is 6.33. The van der Waals surface area contributed by atoms with Crippen LogP contribution in [-0.4, -0.2) is 50.3 Å². The quantitative estimate of drug-likeness (QED) is 0.672. The van der Waals surface area contributed by atoms with Gasteiger partial charge in [0.25, 0.3) is 0 Å². The molecule has 0 amide bonds. The SMILES string of the molecule is CN1CCOC(COC(=O)c2ccc(N)cc2Cl)C1. The average molecular weight is 285 g/mol. The van der Waals surface area contributed by atoms with Gasteiger partial charge in [0.05, 0.1) is 17.2 Å². The molecule has 1 fully saturated rings. The smallest absolute Gasteiger partial charge is 0.339 e. The minimum absolute atomic E-state index is 0.0877. The van der Waals surface area contributed by atoms with Crippen LogP contribution in [0.5, 0.6) is 0 Å². The zero-order valence-corrected chi connectivity index (χ0v) is 11.5. The maximum absolute atomic E-state index is 11.9. The zero-order chi connectivity index (χ0) is 13.8. The van der Waals surface area contributed by atoms with Crippen molar-refractivity contribution in [3.05, 3.63) is 28.8 Å². The van der Waals surface area contributed by atoms with Gasteiger partial charge in [-0.3, -0.25) is 0 Å². The van der Waals surface area contributed by atoms with Crippen molar-refractivity contribution in [1.29, 1.82) is 0 Å². The van der Waals surface area contributed by atoms with Gasteiger partial charge >= 0.3 is 5.97 Å². The molecule has 5 nitrogen and oxygen atoms in total. The molecule has 1 aromatic carbocycles. The van der Waals surface area contributed by atoms with Crippen molar-refractivity contribution in [3.8, 4) is 0 Å². The molecular formula is C13H17ClN2O3. The Morgan fingerprint density at radius 2 is 2.42 bits per heavy atom. The van der Waals surface area contributed by atoms with Gasteiger partial charge < -0.3 is 20.1 Å². The van der Waals surface area contributed by atoms with E-state index in [4.69, 9.17) is 26.8 Å². The molecule has 1 aromatic rings. The number of morpholine rings is 1. The first-order valence-electron chi connectivity index (χ1n) is 6.08. The third-order valence-corrected chi connectivity index (χ3v) is 3.27. The lowest BCUT2D eigenvalue weighted by molar-refractivity contribution is -0.0528. The Morgan fingerprint density at radius 3 is 3.11 bits per heavy atom. The molecule has 0 bridgehead atoms. The number of nitrogen functional groups attached to an aromatic ring is 1. The first kappa shape index (κ1) is 14.1. The van der Waals surface area contributed by atoms with Crippen LogP contribution in [-0.2, 0) is 9.47 Å². The van der Waals surface area contributed by atoms with Gasteiger partial charge in [0, 0.05) is 18.8 Å². The van der Waals surface area contributed by atoms with E-state index in [1.54, 1.807) is 12.1 Å². The van der Waals surface area contributed by atoms with E-state index in [0.717, 1.165) is 13.1 Å². The van der Waals surface area contributed by atoms with E-state index in [1.165, 1.54) is 6.07 Å². The second kappa shape index (κ2) is 6.23. The topological polar surface area (TPSA) is 64.8 Å². The minimum Gasteiger partial charge on any atom is -0.459 e. The Kier molecular flexibility index (Phi) is 4.63. The summed E-state index contributed by atoms with van der Waals surface area (Å²) in [6, 6.07) is 4.71. The molecule has 1 aliphatic heterocycles. The van der Waals surface area contributed by atoms with Gasteiger partial charge in [0.2, 0.25) is 0 Å². The van der Waals surface area contributed by atoms with Crippen molar-refractivity contribution in [2.45, 2.75) is 6.10 Å². The molecule has 0 spiro atoms. The van der Waals surface area contributed by atoms with Gasteiger partial charge in [0.1, 0.15) is 12.7 Å². The zero-order valence-electron chi connectivity index (χ0n) is 10.8. The number of likely N-dealkylation sites (N-methyl/N-ethyl adjacent to an activating group) is 1. The largest absolute Gasteiger partial charge is 0.459 e. The van der Waals surface area contributed by atoms with E-state index in [-0.39, 0.29) is 12.7 Å². The van der Waals surface area contributed by atoms with Crippen molar-refractivity contribution in [3.63, 3.8) is 0 Å². The highest BCUT2D eigenvalue weighted by atomic mass is 35.5. The van der Waals surface area contributed by atoms with Crippen molar-refractivity contribution < 1.29 is 14.3 Å². The summed E-state index contributed by atoms with van der Waals surface area (Å²) in [5.41, 5.74) is 6.40. The van der Waals surface area contributed by atoms with Crippen molar-refractivity contribution in [1.82, 2.24) is 4.90 Å². The fraction of sp³-hybridized carbons (Fsp3) is 0.462. The average Bonchev–Trinajstić information content (AvgIpc) is 2.36. The Labute approximate surface area is 117 Å². The van der Waals surface area contributed by atoms with Gasteiger partial charge in [0.15, 0.2) is 0 Å². The number of hydrogen-bond donors (Lipinski definition) is 1. The molecule has 2 N–H and O–H groups in total. The van der Waals surface area contributed by atoms with E-state index < -0.39 is 5.97 Å². The van der Waals surface area contributed by atoms with Crippen LogP contribution in [0.25, 0.3) is 0 Å². The fourth-order valence-electron chi connectivity index (χ4n) is 1.91. The van der Waals surface area contributed by atoms with Crippen molar-refractivity contribution >= 4 is 23.3 Å². The molecule has 1 saturated heterocycles. The summed E-state index contributed by atoms with van der Waals surface area (Å²) in [5, 5.41) is 0.298. The lowest BCUT2D eigenvalue weighted by Gasteiger charge is -2.29. The highest BCUT2D eigenvalue weighted by Gasteiger charge is 2.20. The number of halogens is 1. The number of esters is 1. The number of carbonyl (C=O) groups is 1. The minimum atomic E-state index is -0.457. The molecule has 0 saturated carbocycles. The number of rotatable bonds is 3. The molecule has 1 aliphatic rings. The Morgan fingerprint density at radius 1 is 1.63 bits per heavy atom. The van der Waals surface area contributed by atoms with E-state index in [2.05, 4.69) is 4.90 Å². The number of carbonyl (C=O) groups excluding carboxylic acids is 1. The normalized spacial score (nSPS) is 20.2. The van der Waals surface area contributed by atoms with Crippen LogP contribution in [0.4, 0.5) is 5.69 Å². The summed E-state index contributed by atoms with van der Waals surface area (Å²) in [6.07, 6.45) is -0.0877. The van der Waals surface area contributed by atoms with E-state index in [0.29, 0.717) is 22.9 Å². The predicted octanol–water partition coefficient (Wildman–Crippen LogP) is 1.41. The second-order valence-electron chi connectivity index (χ2n) is 4.59. The molecule has 2 rings (SSSR count). The third kappa shape index (κ3) is 3.83. The Hall–Kier alpha value is -1.30. The molecule has 104 valence electrons. The number of nitrogens with zero attached hydrogens (tertiary/aromatic N) is 1. The molecule has 6 heteroatoms. The summed E-state index contributed by atoms with van der Waals surface area (Å²) in [5.74, 6) is -0.457. The van der Waals surface area contributed by atoms with E-state index >= 15 is 0 Å². The number of nitrogens with two attached hydrogens (primary N) is 1. The lowest BCUT2D eigenvalue weighted by atomic mass is 10.2. The maximum Gasteiger partial charge on any atom is 0.339 e. The lowest BCUT2D eigenvalue weighted by Crippen LogP contribution is -2.42. The molecule has 1 atom stereocenters. The highest BCUT2D eigenvalue weighted by Crippen LogP contribution is 2.20. The summed E-state index contributed by atoms with van der Waals surface area (Å²) in [4.78, 5) is 14.0. The summed E-state index contributed by atoms with van der Waals surface area (Å²) in [7, 11) is 2.01. The van der Waals surface area contributed by atoms with E-state index in [1.807, 2.05) is 7.05 Å². The van der Waals surface area contributed by atoms with Crippen LogP contribution in [0, 0.1) is 0 Å². The fourth-order valence-corrected chi connectivity index (χ4v) is 2.18. The summed E-state index contributed by atoms with van der Waals surface area (Å²) < 4.78 is 10.7. The van der Waals surface area contributed by atoms with Gasteiger partial charge in [-0.2, -0.15) is 0 Å². The maximum atomic E-state index is 11.9. The van der Waals surface area contributed by atoms with Crippen LogP contribution in [0.1, 0.15) is 10.4 Å². The first-order chi connectivity index (χ1) is 9.06. The molecule has 1 unspecified atom stereocenters. The number of anilines is 1. The van der Waals surface area contributed by atoms with E-state index in [9.17, 15) is 4.79 Å². The van der Waals surface area contributed by atoms with Crippen molar-refractivity contribution in [2.75, 3.05) is 39.1 Å². The summed E-state index contributed by atoms with van der Waals surface area (Å²) >= 11 is 5.95.